The molecule has 0 spiro atoms. The summed E-state index contributed by atoms with van der Waals surface area (Å²) < 4.78 is 0. The first kappa shape index (κ1) is 9.44. The largest absolute Gasteiger partial charge is 0.326 e. The molecule has 2 atom stereocenters. The van der Waals surface area contributed by atoms with Crippen LogP contribution in [0.5, 0.6) is 0 Å². The van der Waals surface area contributed by atoms with Crippen molar-refractivity contribution in [3.05, 3.63) is 0 Å². The fourth-order valence-corrected chi connectivity index (χ4v) is 1.21. The van der Waals surface area contributed by atoms with Crippen molar-refractivity contribution in [3.63, 3.8) is 0 Å². The Kier molecular flexibility index (Phi) is 3.02. The van der Waals surface area contributed by atoms with Gasteiger partial charge in [0.2, 0.25) is 5.91 Å². The molecular formula is C7H15N4O. The molecule has 3 N–H and O–H groups in total. The van der Waals surface area contributed by atoms with E-state index in [9.17, 15) is 4.79 Å². The Morgan fingerprint density at radius 1 is 1.58 bits per heavy atom. The summed E-state index contributed by atoms with van der Waals surface area (Å²) >= 11 is 0. The molecule has 0 bridgehead atoms. The lowest BCUT2D eigenvalue weighted by atomic mass is 10.0. The highest BCUT2D eigenvalue weighted by Gasteiger charge is 2.30. The van der Waals surface area contributed by atoms with Gasteiger partial charge in [0.05, 0.1) is 5.92 Å². The molecule has 1 amide bonds. The summed E-state index contributed by atoms with van der Waals surface area (Å²) in [5, 5.41) is 5.69. The highest BCUT2D eigenvalue weighted by molar-refractivity contribution is 5.79. The first-order chi connectivity index (χ1) is 5.61. The van der Waals surface area contributed by atoms with E-state index >= 15 is 0 Å². The fourth-order valence-electron chi connectivity index (χ4n) is 1.21. The maximum absolute atomic E-state index is 11.4. The van der Waals surface area contributed by atoms with E-state index in [0.29, 0.717) is 13.1 Å². The topological polar surface area (TPSA) is 72.5 Å². The minimum Gasteiger partial charge on any atom is -0.326 e. The summed E-state index contributed by atoms with van der Waals surface area (Å²) in [6, 6.07) is -0.107. The second-order valence-corrected chi connectivity index (χ2v) is 3.23. The van der Waals surface area contributed by atoms with Crippen molar-refractivity contribution in [1.82, 2.24) is 15.8 Å². The molecular weight excluding hydrogens is 156 g/mol. The molecule has 1 radical (unpaired) electrons. The van der Waals surface area contributed by atoms with Crippen molar-refractivity contribution in [2.24, 2.45) is 11.7 Å². The molecule has 1 heterocycles. The van der Waals surface area contributed by atoms with Gasteiger partial charge >= 0.3 is 0 Å². The first-order valence-corrected chi connectivity index (χ1v) is 3.98. The normalized spacial score (nSPS) is 29.3. The standard InChI is InChI=1S/C7H15N4O/c1-11(2)10-7(12)5-3-9-4-6(5)8/h5-6H,3-4,8H2,1-2H3,(H,10,12). The zero-order chi connectivity index (χ0) is 9.14. The summed E-state index contributed by atoms with van der Waals surface area (Å²) in [5.41, 5.74) is 8.35. The predicted octanol–water partition coefficient (Wildman–Crippen LogP) is -1.86. The van der Waals surface area contributed by atoms with Crippen LogP contribution >= 0.6 is 0 Å². The van der Waals surface area contributed by atoms with E-state index < -0.39 is 0 Å². The number of nitrogens with zero attached hydrogens (tertiary/aromatic N) is 2. The number of hydrogen-bond acceptors (Lipinski definition) is 3. The molecule has 0 saturated carbocycles. The number of nitrogens with one attached hydrogen (secondary N) is 1. The number of carbonyl (C=O) groups is 1. The molecule has 0 aromatic carbocycles. The molecule has 0 aromatic heterocycles. The molecule has 2 unspecified atom stereocenters. The summed E-state index contributed by atoms with van der Waals surface area (Å²) in [7, 11) is 3.55. The van der Waals surface area contributed by atoms with Crippen LogP contribution in [0.1, 0.15) is 0 Å². The van der Waals surface area contributed by atoms with Crippen molar-refractivity contribution >= 4 is 5.91 Å². The molecule has 1 rings (SSSR count). The molecule has 5 nitrogen and oxygen atoms in total. The molecule has 5 heteroatoms. The van der Waals surface area contributed by atoms with Gasteiger partial charge in [-0.1, -0.05) is 0 Å². The van der Waals surface area contributed by atoms with Crippen LogP contribution in [-0.2, 0) is 4.79 Å². The maximum atomic E-state index is 11.4. The van der Waals surface area contributed by atoms with Gasteiger partial charge in [-0.25, -0.2) is 10.3 Å². The van der Waals surface area contributed by atoms with Gasteiger partial charge in [-0.05, 0) is 0 Å². The summed E-state index contributed by atoms with van der Waals surface area (Å²) in [6.45, 7) is 1.16. The van der Waals surface area contributed by atoms with Crippen molar-refractivity contribution in [2.45, 2.75) is 6.04 Å². The van der Waals surface area contributed by atoms with Crippen molar-refractivity contribution in [2.75, 3.05) is 27.2 Å². The van der Waals surface area contributed by atoms with Crippen LogP contribution < -0.4 is 16.5 Å². The Morgan fingerprint density at radius 2 is 2.25 bits per heavy atom. The van der Waals surface area contributed by atoms with Gasteiger partial charge in [-0.2, -0.15) is 0 Å². The third-order valence-electron chi connectivity index (χ3n) is 1.85. The van der Waals surface area contributed by atoms with Gasteiger partial charge in [-0.15, -0.1) is 0 Å². The number of carbonyl (C=O) groups excluding carboxylic acids is 1. The minimum atomic E-state index is -0.146. The molecule has 1 aliphatic rings. The van der Waals surface area contributed by atoms with Crippen LogP contribution in [-0.4, -0.2) is 44.1 Å². The Hall–Kier alpha value is -0.650. The molecule has 1 saturated heterocycles. The summed E-state index contributed by atoms with van der Waals surface area (Å²) in [4.78, 5) is 11.4. The fraction of sp³-hybridized carbons (Fsp3) is 0.857. The van der Waals surface area contributed by atoms with Crippen molar-refractivity contribution in [3.8, 4) is 0 Å². The molecule has 0 aromatic rings. The van der Waals surface area contributed by atoms with Crippen LogP contribution in [0.25, 0.3) is 0 Å². The van der Waals surface area contributed by atoms with E-state index in [4.69, 9.17) is 5.73 Å². The second-order valence-electron chi connectivity index (χ2n) is 3.23. The third kappa shape index (κ3) is 2.17. The van der Waals surface area contributed by atoms with Crippen LogP contribution in [0.3, 0.4) is 0 Å². The summed E-state index contributed by atoms with van der Waals surface area (Å²) in [5.74, 6) is -0.179. The van der Waals surface area contributed by atoms with Crippen LogP contribution in [0.15, 0.2) is 0 Å². The number of hydrazine groups is 1. The number of hydrogen-bond donors (Lipinski definition) is 2. The Bertz CT molecular complexity index is 171. The van der Waals surface area contributed by atoms with E-state index in [1.807, 2.05) is 0 Å². The van der Waals surface area contributed by atoms with Gasteiger partial charge < -0.3 is 5.73 Å². The van der Waals surface area contributed by atoms with Gasteiger partial charge in [-0.3, -0.25) is 10.2 Å². The number of nitrogens with two attached hydrogens (primary N) is 1. The Balaban J connectivity index is 2.41. The highest BCUT2D eigenvalue weighted by Crippen LogP contribution is 2.07. The zero-order valence-electron chi connectivity index (χ0n) is 7.45. The lowest BCUT2D eigenvalue weighted by Crippen LogP contribution is -2.45. The summed E-state index contributed by atoms with van der Waals surface area (Å²) in [6.07, 6.45) is 0. The minimum absolute atomic E-state index is 0.0336. The lowest BCUT2D eigenvalue weighted by Gasteiger charge is -2.17. The van der Waals surface area contributed by atoms with Crippen LogP contribution in [0, 0.1) is 5.92 Å². The van der Waals surface area contributed by atoms with Gasteiger partial charge in [0.25, 0.3) is 0 Å². The zero-order valence-corrected chi connectivity index (χ0v) is 7.45. The number of rotatable bonds is 2. The average Bonchev–Trinajstić information content (AvgIpc) is 2.33. The third-order valence-corrected chi connectivity index (χ3v) is 1.85. The average molecular weight is 171 g/mol. The molecule has 1 fully saturated rings. The molecule has 1 aliphatic heterocycles. The predicted molar refractivity (Wildman–Crippen MR) is 45.2 cm³/mol. The van der Waals surface area contributed by atoms with Crippen molar-refractivity contribution < 1.29 is 4.79 Å². The SMILES string of the molecule is CN(C)NC(=O)C1C[N]CC1N. The van der Waals surface area contributed by atoms with Gasteiger partial charge in [0.15, 0.2) is 0 Å². The van der Waals surface area contributed by atoms with E-state index in [0.717, 1.165) is 0 Å². The maximum Gasteiger partial charge on any atom is 0.240 e. The van der Waals surface area contributed by atoms with E-state index in [1.165, 1.54) is 0 Å². The quantitative estimate of drug-likeness (QED) is 0.479. The van der Waals surface area contributed by atoms with Crippen LogP contribution in [0.2, 0.25) is 0 Å². The van der Waals surface area contributed by atoms with Gasteiger partial charge in [0, 0.05) is 33.2 Å². The smallest absolute Gasteiger partial charge is 0.240 e. The number of amides is 1. The first-order valence-electron chi connectivity index (χ1n) is 3.98. The van der Waals surface area contributed by atoms with E-state index in [2.05, 4.69) is 10.7 Å². The Morgan fingerprint density at radius 3 is 2.67 bits per heavy atom. The molecule has 69 valence electrons. The van der Waals surface area contributed by atoms with E-state index in [1.54, 1.807) is 19.1 Å². The monoisotopic (exact) mass is 171 g/mol. The molecule has 12 heavy (non-hydrogen) atoms. The van der Waals surface area contributed by atoms with Gasteiger partial charge in [0.1, 0.15) is 0 Å². The molecule has 0 aliphatic carbocycles. The highest BCUT2D eigenvalue weighted by atomic mass is 16.2. The van der Waals surface area contributed by atoms with Crippen LogP contribution in [0.4, 0.5) is 0 Å². The van der Waals surface area contributed by atoms with E-state index in [-0.39, 0.29) is 17.9 Å². The second kappa shape index (κ2) is 3.84. The van der Waals surface area contributed by atoms with Crippen molar-refractivity contribution in [1.29, 1.82) is 0 Å². The Labute approximate surface area is 72.3 Å². The lowest BCUT2D eigenvalue weighted by molar-refractivity contribution is -0.128.